The second kappa shape index (κ2) is 5.27. The Balaban J connectivity index is 3.08. The SMILES string of the molecule is COc1cc(C)c(Br)cc1C(N)CC(F)(F)F. The lowest BCUT2D eigenvalue weighted by atomic mass is 10.0. The van der Waals surface area contributed by atoms with Crippen LogP contribution in [0.4, 0.5) is 13.2 Å². The zero-order valence-corrected chi connectivity index (χ0v) is 11.0. The van der Waals surface area contributed by atoms with Crippen LogP contribution < -0.4 is 10.5 Å². The number of ether oxygens (including phenoxy) is 1. The van der Waals surface area contributed by atoms with Gasteiger partial charge in [-0.2, -0.15) is 13.2 Å². The summed E-state index contributed by atoms with van der Waals surface area (Å²) < 4.78 is 42.6. The lowest BCUT2D eigenvalue weighted by Crippen LogP contribution is -2.20. The van der Waals surface area contributed by atoms with Crippen LogP contribution in [0.1, 0.15) is 23.6 Å². The minimum atomic E-state index is -4.29. The number of hydrogen-bond acceptors (Lipinski definition) is 2. The summed E-state index contributed by atoms with van der Waals surface area (Å²) >= 11 is 3.26. The summed E-state index contributed by atoms with van der Waals surface area (Å²) in [6, 6.07) is 2.11. The Morgan fingerprint density at radius 2 is 2.00 bits per heavy atom. The summed E-state index contributed by atoms with van der Waals surface area (Å²) in [4.78, 5) is 0. The Bertz CT molecular complexity index is 406. The van der Waals surface area contributed by atoms with E-state index in [2.05, 4.69) is 15.9 Å². The van der Waals surface area contributed by atoms with Crippen LogP contribution in [0.15, 0.2) is 16.6 Å². The maximum absolute atomic E-state index is 12.3. The van der Waals surface area contributed by atoms with Gasteiger partial charge in [0.15, 0.2) is 0 Å². The van der Waals surface area contributed by atoms with E-state index in [0.717, 1.165) is 5.56 Å². The van der Waals surface area contributed by atoms with Crippen LogP contribution in [0, 0.1) is 6.92 Å². The topological polar surface area (TPSA) is 35.2 Å². The van der Waals surface area contributed by atoms with E-state index in [-0.39, 0.29) is 0 Å². The summed E-state index contributed by atoms with van der Waals surface area (Å²) in [7, 11) is 1.41. The monoisotopic (exact) mass is 311 g/mol. The molecule has 6 heteroatoms. The normalized spacial score (nSPS) is 13.6. The Hall–Kier alpha value is -0.750. The molecule has 0 heterocycles. The largest absolute Gasteiger partial charge is 0.496 e. The zero-order valence-electron chi connectivity index (χ0n) is 9.44. The molecule has 1 aromatic rings. The molecule has 2 nitrogen and oxygen atoms in total. The Kier molecular flexibility index (Phi) is 4.43. The van der Waals surface area contributed by atoms with E-state index in [1.807, 2.05) is 6.92 Å². The van der Waals surface area contributed by atoms with E-state index in [4.69, 9.17) is 10.5 Å². The predicted molar refractivity (Wildman–Crippen MR) is 63.0 cm³/mol. The summed E-state index contributed by atoms with van der Waals surface area (Å²) in [5, 5.41) is 0. The van der Waals surface area contributed by atoms with Gasteiger partial charge in [0.2, 0.25) is 0 Å². The highest BCUT2D eigenvalue weighted by Crippen LogP contribution is 2.35. The quantitative estimate of drug-likeness (QED) is 0.923. The van der Waals surface area contributed by atoms with Crippen LogP contribution >= 0.6 is 15.9 Å². The fourth-order valence-electron chi connectivity index (χ4n) is 1.50. The molecule has 1 aromatic carbocycles. The molecular weight excluding hydrogens is 299 g/mol. The van der Waals surface area contributed by atoms with Crippen LogP contribution in [0.3, 0.4) is 0 Å². The number of aryl methyl sites for hydroxylation is 1. The highest BCUT2D eigenvalue weighted by atomic mass is 79.9. The van der Waals surface area contributed by atoms with E-state index in [9.17, 15) is 13.2 Å². The molecule has 0 radical (unpaired) electrons. The molecule has 1 atom stereocenters. The van der Waals surface area contributed by atoms with Crippen LogP contribution in [-0.4, -0.2) is 13.3 Å². The summed E-state index contributed by atoms with van der Waals surface area (Å²) in [6.45, 7) is 1.83. The third kappa shape index (κ3) is 3.89. The molecule has 0 spiro atoms. The van der Waals surface area contributed by atoms with Crippen molar-refractivity contribution in [2.75, 3.05) is 7.11 Å². The molecule has 0 bridgehead atoms. The first-order valence-corrected chi connectivity index (χ1v) is 5.70. The van der Waals surface area contributed by atoms with Gasteiger partial charge in [-0.3, -0.25) is 0 Å². The summed E-state index contributed by atoms with van der Waals surface area (Å²) in [5.74, 6) is 0.377. The minimum Gasteiger partial charge on any atom is -0.496 e. The molecule has 0 fully saturated rings. The first kappa shape index (κ1) is 14.3. The molecule has 2 N–H and O–H groups in total. The van der Waals surface area contributed by atoms with E-state index in [1.54, 1.807) is 12.1 Å². The average molecular weight is 312 g/mol. The number of alkyl halides is 3. The van der Waals surface area contributed by atoms with Crippen molar-refractivity contribution in [3.63, 3.8) is 0 Å². The van der Waals surface area contributed by atoms with Crippen molar-refractivity contribution >= 4 is 15.9 Å². The molecule has 1 unspecified atom stereocenters. The van der Waals surface area contributed by atoms with Gasteiger partial charge < -0.3 is 10.5 Å². The highest BCUT2D eigenvalue weighted by molar-refractivity contribution is 9.10. The van der Waals surface area contributed by atoms with Gasteiger partial charge in [-0.25, -0.2) is 0 Å². The first-order valence-electron chi connectivity index (χ1n) is 4.91. The van der Waals surface area contributed by atoms with Gasteiger partial charge in [0.05, 0.1) is 13.5 Å². The van der Waals surface area contributed by atoms with Crippen LogP contribution in [0.2, 0.25) is 0 Å². The van der Waals surface area contributed by atoms with E-state index >= 15 is 0 Å². The average Bonchev–Trinajstić information content (AvgIpc) is 2.18. The molecule has 96 valence electrons. The molecule has 0 amide bonds. The van der Waals surface area contributed by atoms with E-state index in [0.29, 0.717) is 15.8 Å². The lowest BCUT2D eigenvalue weighted by molar-refractivity contribution is -0.138. The van der Waals surface area contributed by atoms with Gasteiger partial charge in [-0.05, 0) is 24.6 Å². The van der Waals surface area contributed by atoms with Gasteiger partial charge >= 0.3 is 6.18 Å². The maximum atomic E-state index is 12.3. The molecule has 0 aliphatic carbocycles. The standard InChI is InChI=1S/C11H13BrF3NO/c1-6-3-10(17-2)7(4-8(6)12)9(16)5-11(13,14)15/h3-4,9H,5,16H2,1-2H3. The van der Waals surface area contributed by atoms with Crippen molar-refractivity contribution in [2.45, 2.75) is 25.6 Å². The van der Waals surface area contributed by atoms with Crippen LogP contribution in [-0.2, 0) is 0 Å². The third-order valence-corrected chi connectivity index (χ3v) is 3.22. The Morgan fingerprint density at radius 1 is 1.41 bits per heavy atom. The maximum Gasteiger partial charge on any atom is 0.390 e. The predicted octanol–water partition coefficient (Wildman–Crippen LogP) is 3.72. The van der Waals surface area contributed by atoms with Crippen LogP contribution in [0.5, 0.6) is 5.75 Å². The number of halogens is 4. The smallest absolute Gasteiger partial charge is 0.390 e. The van der Waals surface area contributed by atoms with Crippen molar-refractivity contribution in [3.8, 4) is 5.75 Å². The molecule has 0 saturated carbocycles. The third-order valence-electron chi connectivity index (χ3n) is 2.36. The first-order chi connectivity index (χ1) is 7.74. The second-order valence-electron chi connectivity index (χ2n) is 3.77. The second-order valence-corrected chi connectivity index (χ2v) is 4.62. The summed E-state index contributed by atoms with van der Waals surface area (Å²) in [5.41, 5.74) is 6.78. The molecule has 1 rings (SSSR count). The van der Waals surface area contributed by atoms with E-state index < -0.39 is 18.6 Å². The zero-order chi connectivity index (χ0) is 13.2. The number of rotatable bonds is 3. The number of methoxy groups -OCH3 is 1. The van der Waals surface area contributed by atoms with Gasteiger partial charge in [0.25, 0.3) is 0 Å². The molecule has 0 saturated heterocycles. The van der Waals surface area contributed by atoms with Gasteiger partial charge in [0, 0.05) is 16.1 Å². The Morgan fingerprint density at radius 3 is 2.47 bits per heavy atom. The van der Waals surface area contributed by atoms with Gasteiger partial charge in [-0.15, -0.1) is 0 Å². The lowest BCUT2D eigenvalue weighted by Gasteiger charge is -2.18. The summed E-state index contributed by atoms with van der Waals surface area (Å²) in [6.07, 6.45) is -5.36. The van der Waals surface area contributed by atoms with Crippen LogP contribution in [0.25, 0.3) is 0 Å². The van der Waals surface area contributed by atoms with Crippen molar-refractivity contribution in [3.05, 3.63) is 27.7 Å². The minimum absolute atomic E-state index is 0.349. The fraction of sp³-hybridized carbons (Fsp3) is 0.455. The van der Waals surface area contributed by atoms with Gasteiger partial charge in [0.1, 0.15) is 5.75 Å². The van der Waals surface area contributed by atoms with E-state index in [1.165, 1.54) is 7.11 Å². The van der Waals surface area contributed by atoms with Crippen molar-refractivity contribution in [2.24, 2.45) is 5.73 Å². The molecular formula is C11H13BrF3NO. The molecule has 0 aliphatic heterocycles. The highest BCUT2D eigenvalue weighted by Gasteiger charge is 2.32. The van der Waals surface area contributed by atoms with Gasteiger partial charge in [-0.1, -0.05) is 15.9 Å². The molecule has 0 aliphatic rings. The Labute approximate surface area is 106 Å². The van der Waals surface area contributed by atoms with Crippen molar-refractivity contribution < 1.29 is 17.9 Å². The van der Waals surface area contributed by atoms with Crippen molar-refractivity contribution in [1.82, 2.24) is 0 Å². The fourth-order valence-corrected chi connectivity index (χ4v) is 1.86. The van der Waals surface area contributed by atoms with Crippen molar-refractivity contribution in [1.29, 1.82) is 0 Å². The number of nitrogens with two attached hydrogens (primary N) is 1. The molecule has 17 heavy (non-hydrogen) atoms. The molecule has 0 aromatic heterocycles. The number of benzene rings is 1. The number of hydrogen-bond donors (Lipinski definition) is 1.